The summed E-state index contributed by atoms with van der Waals surface area (Å²) in [7, 11) is -9.77. The number of nitrogens with zero attached hydrogens (tertiary/aromatic N) is 6. The maximum Gasteiger partial charge on any atom is 0.305 e. The van der Waals surface area contributed by atoms with Crippen molar-refractivity contribution in [3.05, 3.63) is 131 Å². The van der Waals surface area contributed by atoms with Gasteiger partial charge in [-0.2, -0.15) is 41.8 Å². The van der Waals surface area contributed by atoms with Gasteiger partial charge in [0.15, 0.2) is 0 Å². The lowest BCUT2D eigenvalue weighted by Gasteiger charge is -2.13. The number of hydrogen-bond acceptors (Lipinski definition) is 16. The molecule has 2 heterocycles. The summed E-state index contributed by atoms with van der Waals surface area (Å²) < 4.78 is 83.8. The highest BCUT2D eigenvalue weighted by Crippen LogP contribution is 2.27. The Morgan fingerprint density at radius 1 is 0.569 bits per heavy atom. The zero-order valence-corrected chi connectivity index (χ0v) is 35.9. The van der Waals surface area contributed by atoms with Crippen molar-refractivity contribution >= 4 is 79.4 Å². The predicted molar refractivity (Wildman–Crippen MR) is 239 cm³/mol. The fourth-order valence-corrected chi connectivity index (χ4v) is 7.50. The Morgan fingerprint density at radius 3 is 1.69 bits per heavy atom. The molecule has 0 aliphatic heterocycles. The summed E-state index contributed by atoms with van der Waals surface area (Å²) in [5, 5.41) is 23.2. The van der Waals surface area contributed by atoms with E-state index in [1.165, 1.54) is 36.4 Å². The minimum atomic E-state index is -4.91. The molecule has 0 aliphatic rings. The van der Waals surface area contributed by atoms with E-state index in [-0.39, 0.29) is 85.3 Å². The number of carbonyl (C=O) groups excluding carboxylic acids is 1. The fraction of sp³-hybridized carbons (Fsp3) is 0.190. The summed E-state index contributed by atoms with van der Waals surface area (Å²) in [5.41, 5.74) is 1.93. The van der Waals surface area contributed by atoms with Crippen LogP contribution in [0.1, 0.15) is 46.7 Å². The Labute approximate surface area is 372 Å². The van der Waals surface area contributed by atoms with Crippen LogP contribution in [-0.4, -0.2) is 99.1 Å². The monoisotopic (exact) mass is 927 g/mol. The Hall–Kier alpha value is -7.47. The van der Waals surface area contributed by atoms with Crippen LogP contribution in [0, 0.1) is 0 Å². The van der Waals surface area contributed by atoms with Gasteiger partial charge in [0.05, 0.1) is 6.42 Å². The average molecular weight is 928 g/mol. The lowest BCUT2D eigenvalue weighted by molar-refractivity contribution is -0.136. The lowest BCUT2D eigenvalue weighted by Crippen LogP contribution is -2.27. The zero-order valence-electron chi connectivity index (χ0n) is 34.2. The van der Waals surface area contributed by atoms with Gasteiger partial charge in [0.1, 0.15) is 28.1 Å². The quantitative estimate of drug-likeness (QED) is 0.0322. The van der Waals surface area contributed by atoms with Crippen LogP contribution in [0.2, 0.25) is 0 Å². The molecule has 0 bridgehead atoms. The van der Waals surface area contributed by atoms with Crippen molar-refractivity contribution in [2.45, 2.75) is 35.5 Å². The molecule has 0 atom stereocenters. The molecule has 65 heavy (non-hydrogen) atoms. The minimum Gasteiger partial charge on any atom is -0.481 e. The number of alkyl halides is 1. The van der Waals surface area contributed by atoms with Crippen molar-refractivity contribution in [3.63, 3.8) is 0 Å². The zero-order chi connectivity index (χ0) is 46.4. The van der Waals surface area contributed by atoms with Crippen LogP contribution in [0.15, 0.2) is 107 Å². The second kappa shape index (κ2) is 21.7. The maximum atomic E-state index is 12.7. The SMILES string of the molecule is O=C(O)CCNc1nc(Cc2ccccc2)nc(Cc2ccc(/C=C/c3ccc(Nc4nc(NCCC(=O)NCCF)nc(Nc5ccccc5)n4)cc3S(=O)(=O)O)c(S(=O)(=O)O)c2)n1. The van der Waals surface area contributed by atoms with Gasteiger partial charge in [-0.1, -0.05) is 78.9 Å². The number of nitrogens with one attached hydrogen (secondary N) is 5. The normalized spacial score (nSPS) is 11.6. The molecule has 23 heteroatoms. The Morgan fingerprint density at radius 2 is 1.09 bits per heavy atom. The fourth-order valence-electron chi connectivity index (χ4n) is 6.06. The molecule has 0 saturated carbocycles. The third kappa shape index (κ3) is 14.5. The first-order valence-electron chi connectivity index (χ1n) is 19.7. The summed E-state index contributed by atoms with van der Waals surface area (Å²) in [6, 6.07) is 26.3. The topological polar surface area (TPSA) is 301 Å². The number of benzene rings is 4. The van der Waals surface area contributed by atoms with E-state index in [1.807, 2.05) is 36.4 Å². The van der Waals surface area contributed by atoms with Gasteiger partial charge in [0.2, 0.25) is 29.7 Å². The number of aromatic nitrogens is 6. The Kier molecular flexibility index (Phi) is 15.7. The maximum absolute atomic E-state index is 12.7. The molecule has 0 saturated heterocycles. The van der Waals surface area contributed by atoms with Gasteiger partial charge in [0, 0.05) is 50.3 Å². The molecular weight excluding hydrogens is 886 g/mol. The summed E-state index contributed by atoms with van der Waals surface area (Å²) in [4.78, 5) is 48.3. The molecule has 2 aromatic heterocycles. The van der Waals surface area contributed by atoms with Crippen LogP contribution < -0.4 is 26.6 Å². The summed E-state index contributed by atoms with van der Waals surface area (Å²) in [5.74, 6) is -0.660. The number of aliphatic carboxylic acids is 1. The van der Waals surface area contributed by atoms with E-state index >= 15 is 0 Å². The number of para-hydroxylation sites is 1. The van der Waals surface area contributed by atoms with Crippen molar-refractivity contribution in [2.24, 2.45) is 0 Å². The second-order valence-corrected chi connectivity index (χ2v) is 16.7. The Balaban J connectivity index is 1.25. The van der Waals surface area contributed by atoms with E-state index in [0.717, 1.165) is 11.6 Å². The van der Waals surface area contributed by atoms with Crippen LogP contribution in [0.25, 0.3) is 12.2 Å². The first kappa shape index (κ1) is 47.0. The van der Waals surface area contributed by atoms with E-state index in [1.54, 1.807) is 30.3 Å². The molecule has 0 unspecified atom stereocenters. The molecule has 6 rings (SSSR count). The first-order chi connectivity index (χ1) is 31.1. The molecular formula is C42H42FN11O9S2. The molecule has 4 aromatic carbocycles. The number of carboxylic acids is 1. The Bertz CT molecular complexity index is 2900. The van der Waals surface area contributed by atoms with Crippen molar-refractivity contribution in [1.29, 1.82) is 0 Å². The molecule has 0 spiro atoms. The van der Waals surface area contributed by atoms with Crippen LogP contribution >= 0.6 is 0 Å². The third-order valence-corrected chi connectivity index (χ3v) is 10.8. The third-order valence-electron chi connectivity index (χ3n) is 8.98. The number of carboxylic acid groups (broad SMARTS) is 1. The second-order valence-electron chi connectivity index (χ2n) is 13.9. The number of rotatable bonds is 22. The van der Waals surface area contributed by atoms with Crippen LogP contribution in [0.4, 0.5) is 39.6 Å². The number of carbonyl (C=O) groups is 2. The number of hydrogen-bond donors (Lipinski definition) is 8. The summed E-state index contributed by atoms with van der Waals surface area (Å²) in [6.45, 7) is -0.715. The number of halogens is 1. The van der Waals surface area contributed by atoms with E-state index < -0.39 is 48.6 Å². The van der Waals surface area contributed by atoms with Gasteiger partial charge in [-0.15, -0.1) is 0 Å². The highest BCUT2D eigenvalue weighted by molar-refractivity contribution is 7.86. The molecule has 6 aromatic rings. The minimum absolute atomic E-state index is 0.0207. The van der Waals surface area contributed by atoms with Gasteiger partial charge in [-0.25, -0.2) is 9.37 Å². The molecule has 0 fully saturated rings. The lowest BCUT2D eigenvalue weighted by atomic mass is 10.1. The van der Waals surface area contributed by atoms with Gasteiger partial charge in [0.25, 0.3) is 20.2 Å². The largest absolute Gasteiger partial charge is 0.481 e. The highest BCUT2D eigenvalue weighted by Gasteiger charge is 2.19. The summed E-state index contributed by atoms with van der Waals surface area (Å²) in [6.07, 6.45) is 2.57. The molecule has 0 aliphatic carbocycles. The van der Waals surface area contributed by atoms with Gasteiger partial charge < -0.3 is 31.7 Å². The molecule has 20 nitrogen and oxygen atoms in total. The smallest absolute Gasteiger partial charge is 0.305 e. The molecule has 0 radical (unpaired) electrons. The highest BCUT2D eigenvalue weighted by atomic mass is 32.2. The van der Waals surface area contributed by atoms with Crippen LogP contribution in [0.5, 0.6) is 0 Å². The molecule has 338 valence electrons. The molecule has 8 N–H and O–H groups in total. The van der Waals surface area contributed by atoms with E-state index in [9.17, 15) is 39.9 Å². The standard InChI is InChI=1S/C42H42FN11O9S2/c43-19-22-44-37(55)17-20-45-40-52-41(47-31-9-5-2-6-10-31)54-42(53-40)48-32-16-15-30(34(26-32)65(61,62)63)14-13-29-12-11-28(23-33(29)64(58,59)60)25-36-49-35(24-27-7-3-1-4-8-27)50-39(51-36)46-21-18-38(56)57/h1-16,23,26H,17-22,24-25H2,(H,44,55)(H,56,57)(H,58,59,60)(H,61,62,63)(H,46,49,50,51)(H3,45,47,48,52,53,54)/b14-13+. The first-order valence-corrected chi connectivity index (χ1v) is 22.5. The van der Waals surface area contributed by atoms with Crippen molar-refractivity contribution < 1.29 is 45.0 Å². The van der Waals surface area contributed by atoms with Crippen molar-refractivity contribution in [3.8, 4) is 0 Å². The van der Waals surface area contributed by atoms with Crippen LogP contribution in [0.3, 0.4) is 0 Å². The predicted octanol–water partition coefficient (Wildman–Crippen LogP) is 5.16. The van der Waals surface area contributed by atoms with Crippen molar-refractivity contribution in [2.75, 3.05) is 47.6 Å². The van der Waals surface area contributed by atoms with E-state index in [2.05, 4.69) is 56.5 Å². The van der Waals surface area contributed by atoms with Crippen LogP contribution in [-0.2, 0) is 42.7 Å². The van der Waals surface area contributed by atoms with E-state index in [0.29, 0.717) is 23.5 Å². The summed E-state index contributed by atoms with van der Waals surface area (Å²) >= 11 is 0. The average Bonchev–Trinajstić information content (AvgIpc) is 3.25. The van der Waals surface area contributed by atoms with Gasteiger partial charge in [-0.3, -0.25) is 18.7 Å². The number of anilines is 6. The molecule has 1 amide bonds. The van der Waals surface area contributed by atoms with Crippen molar-refractivity contribution in [1.82, 2.24) is 35.2 Å². The van der Waals surface area contributed by atoms with Gasteiger partial charge >= 0.3 is 5.97 Å². The van der Waals surface area contributed by atoms with Gasteiger partial charge in [-0.05, 0) is 52.6 Å². The number of amides is 1. The van der Waals surface area contributed by atoms with E-state index in [4.69, 9.17) is 5.11 Å².